The number of amides is 2. The normalized spacial score (nSPS) is 11.1. The topological polar surface area (TPSA) is 86.9 Å². The molecule has 1 aromatic carbocycles. The van der Waals surface area contributed by atoms with Crippen LogP contribution in [0, 0.1) is 0 Å². The number of nitrogens with one attached hydrogen (secondary N) is 3. The highest BCUT2D eigenvalue weighted by atomic mass is 16.2. The van der Waals surface area contributed by atoms with Gasteiger partial charge in [-0.1, -0.05) is 12.1 Å². The molecular weight excluding hydrogens is 292 g/mol. The monoisotopic (exact) mass is 314 g/mol. The van der Waals surface area contributed by atoms with Crippen molar-refractivity contribution in [1.29, 1.82) is 0 Å². The van der Waals surface area contributed by atoms with Crippen molar-refractivity contribution < 1.29 is 9.59 Å². The van der Waals surface area contributed by atoms with Crippen molar-refractivity contribution in [3.8, 4) is 0 Å². The Balaban J connectivity index is 1.85. The van der Waals surface area contributed by atoms with Gasteiger partial charge in [-0.15, -0.1) is 0 Å². The van der Waals surface area contributed by atoms with Crippen molar-refractivity contribution in [2.24, 2.45) is 0 Å². The van der Waals surface area contributed by atoms with E-state index in [1.807, 2.05) is 38.1 Å². The van der Waals surface area contributed by atoms with E-state index in [4.69, 9.17) is 0 Å². The zero-order valence-corrected chi connectivity index (χ0v) is 13.6. The molecule has 0 aliphatic rings. The zero-order valence-electron chi connectivity index (χ0n) is 13.6. The number of aromatic nitrogens is 2. The lowest BCUT2D eigenvalue weighted by molar-refractivity contribution is -0.125. The van der Waals surface area contributed by atoms with E-state index in [-0.39, 0.29) is 11.8 Å². The smallest absolute Gasteiger partial charge is 0.231 e. The van der Waals surface area contributed by atoms with Crippen LogP contribution in [0.5, 0.6) is 0 Å². The molecule has 0 saturated carbocycles. The van der Waals surface area contributed by atoms with Gasteiger partial charge in [0.1, 0.15) is 0 Å². The molecule has 2 amide bonds. The number of benzene rings is 1. The SMILES string of the molecule is CC(=O)Nc1ccc(CCNC(=O)C(C)(C)c2cnc[nH]2)cc1. The molecule has 2 aromatic rings. The molecule has 0 fully saturated rings. The summed E-state index contributed by atoms with van der Waals surface area (Å²) in [5.41, 5.74) is 2.00. The van der Waals surface area contributed by atoms with Crippen LogP contribution in [-0.4, -0.2) is 28.3 Å². The second-order valence-electron chi connectivity index (χ2n) is 5.97. The first-order chi connectivity index (χ1) is 10.9. The number of nitrogens with zero attached hydrogens (tertiary/aromatic N) is 1. The van der Waals surface area contributed by atoms with Gasteiger partial charge in [-0.2, -0.15) is 0 Å². The molecule has 0 saturated heterocycles. The summed E-state index contributed by atoms with van der Waals surface area (Å²) in [4.78, 5) is 30.2. The van der Waals surface area contributed by atoms with Crippen molar-refractivity contribution in [3.05, 3.63) is 48.0 Å². The van der Waals surface area contributed by atoms with Gasteiger partial charge >= 0.3 is 0 Å². The molecule has 3 N–H and O–H groups in total. The second-order valence-corrected chi connectivity index (χ2v) is 5.97. The van der Waals surface area contributed by atoms with Crippen LogP contribution in [-0.2, 0) is 21.4 Å². The maximum atomic E-state index is 12.3. The largest absolute Gasteiger partial charge is 0.355 e. The Morgan fingerprint density at radius 2 is 1.91 bits per heavy atom. The number of imidazole rings is 1. The van der Waals surface area contributed by atoms with Crippen LogP contribution in [0.2, 0.25) is 0 Å². The molecular formula is C17H22N4O2. The van der Waals surface area contributed by atoms with E-state index in [0.29, 0.717) is 6.54 Å². The summed E-state index contributed by atoms with van der Waals surface area (Å²) >= 11 is 0. The lowest BCUT2D eigenvalue weighted by atomic mass is 9.88. The molecule has 6 nitrogen and oxygen atoms in total. The van der Waals surface area contributed by atoms with Gasteiger partial charge < -0.3 is 15.6 Å². The van der Waals surface area contributed by atoms with Gasteiger partial charge in [0.15, 0.2) is 0 Å². The van der Waals surface area contributed by atoms with Gasteiger partial charge in [0.2, 0.25) is 11.8 Å². The minimum Gasteiger partial charge on any atom is -0.355 e. The molecule has 0 aliphatic heterocycles. The molecule has 0 spiro atoms. The quantitative estimate of drug-likeness (QED) is 0.762. The number of hydrogen-bond donors (Lipinski definition) is 3. The number of rotatable bonds is 6. The van der Waals surface area contributed by atoms with Crippen molar-refractivity contribution in [2.75, 3.05) is 11.9 Å². The number of anilines is 1. The highest BCUT2D eigenvalue weighted by Gasteiger charge is 2.30. The summed E-state index contributed by atoms with van der Waals surface area (Å²) < 4.78 is 0. The Morgan fingerprint density at radius 3 is 2.48 bits per heavy atom. The van der Waals surface area contributed by atoms with Gasteiger partial charge in [0, 0.05) is 31.0 Å². The predicted molar refractivity (Wildman–Crippen MR) is 89.1 cm³/mol. The molecule has 0 atom stereocenters. The third kappa shape index (κ3) is 4.42. The fourth-order valence-electron chi connectivity index (χ4n) is 2.22. The maximum Gasteiger partial charge on any atom is 0.231 e. The summed E-state index contributed by atoms with van der Waals surface area (Å²) in [5.74, 6) is -0.136. The minimum absolute atomic E-state index is 0.0448. The number of carbonyl (C=O) groups is 2. The standard InChI is InChI=1S/C17H22N4O2/c1-12(22)21-14-6-4-13(5-7-14)8-9-19-16(23)17(2,3)15-10-18-11-20-15/h4-7,10-11H,8-9H2,1-3H3,(H,18,20)(H,19,23)(H,21,22). The lowest BCUT2D eigenvalue weighted by Crippen LogP contribution is -2.41. The van der Waals surface area contributed by atoms with Crippen LogP contribution in [0.15, 0.2) is 36.8 Å². The molecule has 1 heterocycles. The van der Waals surface area contributed by atoms with Gasteiger partial charge in [-0.05, 0) is 38.0 Å². The average Bonchev–Trinajstić information content (AvgIpc) is 3.03. The Bertz CT molecular complexity index is 660. The van der Waals surface area contributed by atoms with Crippen molar-refractivity contribution in [2.45, 2.75) is 32.6 Å². The molecule has 0 unspecified atom stereocenters. The summed E-state index contributed by atoms with van der Waals surface area (Å²) in [6.45, 7) is 5.75. The Kier molecular flexibility index (Phi) is 5.16. The van der Waals surface area contributed by atoms with E-state index in [0.717, 1.165) is 23.4 Å². The Morgan fingerprint density at radius 1 is 1.22 bits per heavy atom. The first kappa shape index (κ1) is 16.7. The number of carbonyl (C=O) groups excluding carboxylic acids is 2. The average molecular weight is 314 g/mol. The Labute approximate surface area is 135 Å². The number of aromatic amines is 1. The molecule has 23 heavy (non-hydrogen) atoms. The molecule has 1 aromatic heterocycles. The number of hydrogen-bond acceptors (Lipinski definition) is 3. The van der Waals surface area contributed by atoms with Crippen LogP contribution < -0.4 is 10.6 Å². The molecule has 0 aliphatic carbocycles. The first-order valence-corrected chi connectivity index (χ1v) is 7.53. The Hall–Kier alpha value is -2.63. The fraction of sp³-hybridized carbons (Fsp3) is 0.353. The van der Waals surface area contributed by atoms with Gasteiger partial charge in [-0.25, -0.2) is 4.98 Å². The van der Waals surface area contributed by atoms with E-state index < -0.39 is 5.41 Å². The maximum absolute atomic E-state index is 12.3. The highest BCUT2D eigenvalue weighted by Crippen LogP contribution is 2.20. The van der Waals surface area contributed by atoms with Crippen LogP contribution in [0.25, 0.3) is 0 Å². The van der Waals surface area contributed by atoms with Crippen LogP contribution in [0.1, 0.15) is 32.0 Å². The van der Waals surface area contributed by atoms with Crippen LogP contribution >= 0.6 is 0 Å². The number of H-pyrrole nitrogens is 1. The van der Waals surface area contributed by atoms with E-state index in [1.54, 1.807) is 12.5 Å². The molecule has 0 bridgehead atoms. The van der Waals surface area contributed by atoms with Crippen molar-refractivity contribution in [1.82, 2.24) is 15.3 Å². The third-order valence-electron chi connectivity index (χ3n) is 3.71. The van der Waals surface area contributed by atoms with Crippen molar-refractivity contribution >= 4 is 17.5 Å². The van der Waals surface area contributed by atoms with E-state index in [2.05, 4.69) is 20.6 Å². The van der Waals surface area contributed by atoms with Gasteiger partial charge in [-0.3, -0.25) is 9.59 Å². The molecule has 122 valence electrons. The fourth-order valence-corrected chi connectivity index (χ4v) is 2.22. The first-order valence-electron chi connectivity index (χ1n) is 7.53. The van der Waals surface area contributed by atoms with Crippen LogP contribution in [0.3, 0.4) is 0 Å². The van der Waals surface area contributed by atoms with E-state index >= 15 is 0 Å². The summed E-state index contributed by atoms with van der Waals surface area (Å²) in [6.07, 6.45) is 3.96. The molecule has 6 heteroatoms. The van der Waals surface area contributed by atoms with Crippen LogP contribution in [0.4, 0.5) is 5.69 Å². The van der Waals surface area contributed by atoms with Gasteiger partial charge in [0.25, 0.3) is 0 Å². The van der Waals surface area contributed by atoms with Crippen molar-refractivity contribution in [3.63, 3.8) is 0 Å². The van der Waals surface area contributed by atoms with E-state index in [1.165, 1.54) is 6.92 Å². The molecule has 2 rings (SSSR count). The third-order valence-corrected chi connectivity index (χ3v) is 3.71. The lowest BCUT2D eigenvalue weighted by Gasteiger charge is -2.22. The summed E-state index contributed by atoms with van der Waals surface area (Å²) in [5, 5.41) is 5.67. The van der Waals surface area contributed by atoms with E-state index in [9.17, 15) is 9.59 Å². The second kappa shape index (κ2) is 7.09. The zero-order chi connectivity index (χ0) is 16.9. The molecule has 0 radical (unpaired) electrons. The predicted octanol–water partition coefficient (Wildman–Crippen LogP) is 2.00. The minimum atomic E-state index is -0.647. The van der Waals surface area contributed by atoms with Gasteiger partial charge in [0.05, 0.1) is 11.7 Å². The summed E-state index contributed by atoms with van der Waals surface area (Å²) in [6, 6.07) is 7.59. The summed E-state index contributed by atoms with van der Waals surface area (Å²) in [7, 11) is 0. The highest BCUT2D eigenvalue weighted by molar-refractivity contribution is 5.88.